The minimum atomic E-state index is -2.75. The molecule has 0 spiro atoms. The van der Waals surface area contributed by atoms with Crippen LogP contribution in [-0.4, -0.2) is 31.1 Å². The second-order valence-electron chi connectivity index (χ2n) is 3.37. The lowest BCUT2D eigenvalue weighted by atomic mass is 10.1. The second kappa shape index (κ2) is 5.03. The Morgan fingerprint density at radius 3 is 2.18 bits per heavy atom. The van der Waals surface area contributed by atoms with Gasteiger partial charge in [0, 0.05) is 7.05 Å². The number of hydrogen-bond acceptors (Lipinski definition) is 2. The van der Waals surface area contributed by atoms with Crippen molar-refractivity contribution in [3.8, 4) is 0 Å². The van der Waals surface area contributed by atoms with Gasteiger partial charge in [-0.25, -0.2) is 22.4 Å². The number of anilines is 1. The largest absolute Gasteiger partial charge is 0.478 e. The van der Waals surface area contributed by atoms with Crippen molar-refractivity contribution in [3.63, 3.8) is 0 Å². The zero-order valence-corrected chi connectivity index (χ0v) is 8.75. The highest BCUT2D eigenvalue weighted by Gasteiger charge is 2.19. The van der Waals surface area contributed by atoms with E-state index >= 15 is 0 Å². The fourth-order valence-corrected chi connectivity index (χ4v) is 1.35. The molecule has 17 heavy (non-hydrogen) atoms. The number of rotatable bonds is 4. The van der Waals surface area contributed by atoms with Crippen LogP contribution in [0.15, 0.2) is 12.1 Å². The third kappa shape index (κ3) is 3.08. The lowest BCUT2D eigenvalue weighted by Crippen LogP contribution is -2.26. The molecule has 0 saturated carbocycles. The molecule has 1 rings (SSSR count). The van der Waals surface area contributed by atoms with E-state index in [-0.39, 0.29) is 0 Å². The number of alkyl halides is 2. The van der Waals surface area contributed by atoms with Gasteiger partial charge in [0.05, 0.1) is 12.1 Å². The molecule has 0 aromatic heterocycles. The van der Waals surface area contributed by atoms with Crippen molar-refractivity contribution in [2.24, 2.45) is 0 Å². The van der Waals surface area contributed by atoms with Crippen molar-refractivity contribution >= 4 is 11.7 Å². The van der Waals surface area contributed by atoms with Gasteiger partial charge in [0.2, 0.25) is 0 Å². The number of carboxylic acids is 1. The van der Waals surface area contributed by atoms with E-state index in [0.717, 1.165) is 7.05 Å². The summed E-state index contributed by atoms with van der Waals surface area (Å²) in [6.07, 6.45) is -2.75. The molecule has 1 N–H and O–H groups in total. The van der Waals surface area contributed by atoms with E-state index in [1.165, 1.54) is 0 Å². The lowest BCUT2D eigenvalue weighted by Gasteiger charge is -2.20. The molecule has 1 aromatic carbocycles. The number of aromatic carboxylic acids is 1. The summed E-state index contributed by atoms with van der Waals surface area (Å²) in [4.78, 5) is 11.2. The Kier molecular flexibility index (Phi) is 3.93. The maximum Gasteiger partial charge on any atom is 0.335 e. The van der Waals surface area contributed by atoms with Crippen LogP contribution in [0.4, 0.5) is 23.2 Å². The fraction of sp³-hybridized carbons (Fsp3) is 0.300. The Morgan fingerprint density at radius 1 is 1.35 bits per heavy atom. The molecule has 0 fully saturated rings. The predicted molar refractivity (Wildman–Crippen MR) is 52.6 cm³/mol. The standard InChI is InChI=1S/C10H9F4NO2/c1-15(4-8(13)14)9-6(11)2-5(10(16)17)3-7(9)12/h2-3,8H,4H2,1H3,(H,16,17). The van der Waals surface area contributed by atoms with Gasteiger partial charge in [0.1, 0.15) is 17.3 Å². The van der Waals surface area contributed by atoms with Crippen molar-refractivity contribution in [2.75, 3.05) is 18.5 Å². The first-order valence-electron chi connectivity index (χ1n) is 4.54. The van der Waals surface area contributed by atoms with Gasteiger partial charge in [-0.2, -0.15) is 0 Å². The highest BCUT2D eigenvalue weighted by molar-refractivity contribution is 5.88. The van der Waals surface area contributed by atoms with Gasteiger partial charge in [-0.3, -0.25) is 0 Å². The Bertz CT molecular complexity index is 413. The first-order valence-corrected chi connectivity index (χ1v) is 4.54. The zero-order valence-electron chi connectivity index (χ0n) is 8.75. The van der Waals surface area contributed by atoms with Crippen molar-refractivity contribution in [3.05, 3.63) is 29.3 Å². The fourth-order valence-electron chi connectivity index (χ4n) is 1.35. The Morgan fingerprint density at radius 2 is 1.82 bits per heavy atom. The molecule has 94 valence electrons. The average molecular weight is 251 g/mol. The molecule has 1 aromatic rings. The highest BCUT2D eigenvalue weighted by Crippen LogP contribution is 2.24. The third-order valence-electron chi connectivity index (χ3n) is 2.06. The molecule has 0 aliphatic heterocycles. The molecule has 0 bridgehead atoms. The summed E-state index contributed by atoms with van der Waals surface area (Å²) in [5.41, 5.74) is -1.25. The molecule has 0 unspecified atom stereocenters. The zero-order chi connectivity index (χ0) is 13.2. The van der Waals surface area contributed by atoms with Crippen molar-refractivity contribution in [2.45, 2.75) is 6.43 Å². The molecule has 0 radical (unpaired) electrons. The van der Waals surface area contributed by atoms with E-state index < -0.39 is 41.8 Å². The van der Waals surface area contributed by atoms with Gasteiger partial charge in [-0.1, -0.05) is 0 Å². The predicted octanol–water partition coefficient (Wildman–Crippen LogP) is 2.36. The molecule has 0 heterocycles. The molecule has 3 nitrogen and oxygen atoms in total. The minimum absolute atomic E-state index is 0.575. The molecule has 0 atom stereocenters. The van der Waals surface area contributed by atoms with Gasteiger partial charge in [-0.05, 0) is 12.1 Å². The molecule has 0 aliphatic carbocycles. The third-order valence-corrected chi connectivity index (χ3v) is 2.06. The molecule has 0 aliphatic rings. The van der Waals surface area contributed by atoms with Gasteiger partial charge in [0.15, 0.2) is 0 Å². The SMILES string of the molecule is CN(CC(F)F)c1c(F)cc(C(=O)O)cc1F. The number of hydrogen-bond donors (Lipinski definition) is 1. The number of halogens is 4. The van der Waals surface area contributed by atoms with Gasteiger partial charge in [0.25, 0.3) is 6.43 Å². The van der Waals surface area contributed by atoms with E-state index in [1.54, 1.807) is 0 Å². The number of benzene rings is 1. The lowest BCUT2D eigenvalue weighted by molar-refractivity contribution is 0.0695. The molecule has 0 amide bonds. The van der Waals surface area contributed by atoms with Crippen LogP contribution < -0.4 is 4.90 Å². The van der Waals surface area contributed by atoms with Crippen molar-refractivity contribution in [1.29, 1.82) is 0 Å². The summed E-state index contributed by atoms with van der Waals surface area (Å²) in [6.45, 7) is -0.847. The van der Waals surface area contributed by atoms with Crippen LogP contribution in [0.25, 0.3) is 0 Å². The van der Waals surface area contributed by atoms with E-state index in [9.17, 15) is 22.4 Å². The van der Waals surface area contributed by atoms with Crippen molar-refractivity contribution < 1.29 is 27.5 Å². The molecule has 0 saturated heterocycles. The van der Waals surface area contributed by atoms with Crippen LogP contribution in [0.1, 0.15) is 10.4 Å². The minimum Gasteiger partial charge on any atom is -0.478 e. The quantitative estimate of drug-likeness (QED) is 0.835. The van der Waals surface area contributed by atoms with Gasteiger partial charge >= 0.3 is 5.97 Å². The average Bonchev–Trinajstić information content (AvgIpc) is 2.14. The number of carbonyl (C=O) groups is 1. The first-order chi connectivity index (χ1) is 7.82. The number of carboxylic acid groups (broad SMARTS) is 1. The van der Waals surface area contributed by atoms with Crippen molar-refractivity contribution in [1.82, 2.24) is 0 Å². The summed E-state index contributed by atoms with van der Waals surface area (Å²) >= 11 is 0. The normalized spacial score (nSPS) is 10.7. The summed E-state index contributed by atoms with van der Waals surface area (Å²) in [5, 5.41) is 8.54. The molecular weight excluding hydrogens is 242 g/mol. The van der Waals surface area contributed by atoms with Crippen LogP contribution in [0, 0.1) is 11.6 Å². The van der Waals surface area contributed by atoms with Crippen LogP contribution in [0.5, 0.6) is 0 Å². The maximum atomic E-state index is 13.4. The van der Waals surface area contributed by atoms with Crippen LogP contribution >= 0.6 is 0 Å². The van der Waals surface area contributed by atoms with Gasteiger partial charge in [-0.15, -0.1) is 0 Å². The Balaban J connectivity index is 3.13. The Labute approximate surface area is 94.3 Å². The van der Waals surface area contributed by atoms with E-state index in [0.29, 0.717) is 17.0 Å². The maximum absolute atomic E-state index is 13.4. The summed E-state index contributed by atoms with van der Waals surface area (Å²) in [6, 6.07) is 1.17. The van der Waals surface area contributed by atoms with E-state index in [1.807, 2.05) is 0 Å². The second-order valence-corrected chi connectivity index (χ2v) is 3.37. The van der Waals surface area contributed by atoms with Crippen LogP contribution in [0.3, 0.4) is 0 Å². The van der Waals surface area contributed by atoms with Crippen LogP contribution in [0.2, 0.25) is 0 Å². The highest BCUT2D eigenvalue weighted by atomic mass is 19.3. The monoisotopic (exact) mass is 251 g/mol. The number of nitrogens with zero attached hydrogens (tertiary/aromatic N) is 1. The van der Waals surface area contributed by atoms with Gasteiger partial charge < -0.3 is 10.0 Å². The van der Waals surface area contributed by atoms with E-state index in [2.05, 4.69) is 0 Å². The molecular formula is C10H9F4NO2. The first kappa shape index (κ1) is 13.3. The van der Waals surface area contributed by atoms with Crippen LogP contribution in [-0.2, 0) is 0 Å². The smallest absolute Gasteiger partial charge is 0.335 e. The summed E-state index contributed by atoms with van der Waals surface area (Å²) < 4.78 is 50.9. The topological polar surface area (TPSA) is 40.5 Å². The molecule has 7 heteroatoms. The summed E-state index contributed by atoms with van der Waals surface area (Å²) in [7, 11) is 1.09. The van der Waals surface area contributed by atoms with E-state index in [4.69, 9.17) is 5.11 Å². The Hall–Kier alpha value is -1.79. The summed E-state index contributed by atoms with van der Waals surface area (Å²) in [5.74, 6) is -3.87.